The molecule has 0 unspecified atom stereocenters. The minimum atomic E-state index is -4.01. The van der Waals surface area contributed by atoms with Crippen molar-refractivity contribution in [2.45, 2.75) is 43.9 Å². The van der Waals surface area contributed by atoms with E-state index < -0.39 is 28.1 Å². The van der Waals surface area contributed by atoms with Crippen LogP contribution in [0.25, 0.3) is 5.52 Å². The number of hydrogen-bond donors (Lipinski definition) is 1. The van der Waals surface area contributed by atoms with E-state index in [0.717, 1.165) is 15.4 Å². The normalized spacial score (nSPS) is 19.2. The van der Waals surface area contributed by atoms with Gasteiger partial charge >= 0.3 is 5.97 Å². The van der Waals surface area contributed by atoms with Crippen LogP contribution in [0.3, 0.4) is 0 Å². The van der Waals surface area contributed by atoms with E-state index in [0.29, 0.717) is 16.6 Å². The van der Waals surface area contributed by atoms with Gasteiger partial charge in [0.25, 0.3) is 0 Å². The van der Waals surface area contributed by atoms with E-state index in [1.807, 2.05) is 19.9 Å². The fourth-order valence-electron chi connectivity index (χ4n) is 3.93. The topological polar surface area (TPSA) is 112 Å². The molecule has 2 atom stereocenters. The molecule has 0 amide bonds. The molecule has 9 heteroatoms. The summed E-state index contributed by atoms with van der Waals surface area (Å²) in [6, 6.07) is 11.2. The second-order valence-electron chi connectivity index (χ2n) is 7.97. The fourth-order valence-corrected chi connectivity index (χ4v) is 5.65. The van der Waals surface area contributed by atoms with Gasteiger partial charge in [-0.05, 0) is 49.2 Å². The summed E-state index contributed by atoms with van der Waals surface area (Å²) in [5, 5.41) is 19.6. The molecule has 0 aliphatic carbocycles. The first-order valence-electron chi connectivity index (χ1n) is 10.1. The van der Waals surface area contributed by atoms with Crippen molar-refractivity contribution in [1.29, 1.82) is 5.26 Å². The van der Waals surface area contributed by atoms with Crippen LogP contribution in [0.4, 0.5) is 0 Å². The number of carbonyl (C=O) groups is 1. The zero-order valence-electron chi connectivity index (χ0n) is 17.7. The van der Waals surface area contributed by atoms with Crippen LogP contribution in [0.2, 0.25) is 0 Å². The number of nitrogens with zero attached hydrogens (tertiary/aromatic N) is 3. The van der Waals surface area contributed by atoms with E-state index in [-0.39, 0.29) is 24.5 Å². The molecule has 166 valence electrons. The predicted molar refractivity (Wildman–Crippen MR) is 116 cm³/mol. The van der Waals surface area contributed by atoms with Crippen LogP contribution in [-0.4, -0.2) is 46.9 Å². The van der Waals surface area contributed by atoms with Gasteiger partial charge in [-0.25, -0.2) is 8.42 Å². The molecule has 3 aromatic rings. The van der Waals surface area contributed by atoms with Gasteiger partial charge in [0.05, 0.1) is 22.1 Å². The average molecular weight is 454 g/mol. The fraction of sp³-hybridized carbons (Fsp3) is 0.304. The number of aliphatic hydroxyl groups excluding tert-OH is 1. The summed E-state index contributed by atoms with van der Waals surface area (Å²) >= 11 is 0. The Labute approximate surface area is 186 Å². The SMILES string of the molecule is Cc1ccc(S(=O)(=O)N2C[C@@H](O)C[C@H]2C(=O)OCc2cn3ccccc3c2C#N)cc1C. The molecule has 0 bridgehead atoms. The number of sulfonamides is 1. The molecule has 1 aromatic carbocycles. The monoisotopic (exact) mass is 453 g/mol. The van der Waals surface area contributed by atoms with Crippen LogP contribution < -0.4 is 0 Å². The van der Waals surface area contributed by atoms with E-state index in [1.165, 1.54) is 6.07 Å². The van der Waals surface area contributed by atoms with Crippen molar-refractivity contribution in [3.63, 3.8) is 0 Å². The lowest BCUT2D eigenvalue weighted by Crippen LogP contribution is -2.41. The summed E-state index contributed by atoms with van der Waals surface area (Å²) in [5.41, 5.74) is 3.37. The molecule has 1 saturated heterocycles. The average Bonchev–Trinajstić information content (AvgIpc) is 3.34. The highest BCUT2D eigenvalue weighted by Gasteiger charge is 2.44. The van der Waals surface area contributed by atoms with Gasteiger partial charge in [0.15, 0.2) is 0 Å². The van der Waals surface area contributed by atoms with Gasteiger partial charge in [-0.15, -0.1) is 0 Å². The number of rotatable bonds is 5. The zero-order valence-corrected chi connectivity index (χ0v) is 18.5. The summed E-state index contributed by atoms with van der Waals surface area (Å²) < 4.78 is 34.6. The van der Waals surface area contributed by atoms with E-state index >= 15 is 0 Å². The van der Waals surface area contributed by atoms with Crippen LogP contribution in [0.5, 0.6) is 0 Å². The zero-order chi connectivity index (χ0) is 23.0. The third kappa shape index (κ3) is 3.88. The maximum Gasteiger partial charge on any atom is 0.324 e. The number of nitriles is 1. The highest BCUT2D eigenvalue weighted by molar-refractivity contribution is 7.89. The predicted octanol–water partition coefficient (Wildman–Crippen LogP) is 2.30. The van der Waals surface area contributed by atoms with Crippen LogP contribution >= 0.6 is 0 Å². The molecular weight excluding hydrogens is 430 g/mol. The molecule has 4 rings (SSSR count). The van der Waals surface area contributed by atoms with Gasteiger partial charge in [0.2, 0.25) is 10.0 Å². The van der Waals surface area contributed by atoms with Crippen molar-refractivity contribution < 1.29 is 23.1 Å². The first-order valence-corrected chi connectivity index (χ1v) is 11.6. The van der Waals surface area contributed by atoms with Crippen LogP contribution in [-0.2, 0) is 26.2 Å². The molecule has 2 aromatic heterocycles. The van der Waals surface area contributed by atoms with Gasteiger partial charge in [-0.1, -0.05) is 12.1 Å². The number of aliphatic hydroxyl groups is 1. The number of aromatic nitrogens is 1. The summed E-state index contributed by atoms with van der Waals surface area (Å²) in [6.45, 7) is 3.34. The molecule has 32 heavy (non-hydrogen) atoms. The van der Waals surface area contributed by atoms with E-state index in [4.69, 9.17) is 4.74 Å². The Morgan fingerprint density at radius 2 is 2.03 bits per heavy atom. The molecule has 8 nitrogen and oxygen atoms in total. The molecule has 0 radical (unpaired) electrons. The van der Waals surface area contributed by atoms with Crippen molar-refractivity contribution in [1.82, 2.24) is 8.71 Å². The largest absolute Gasteiger partial charge is 0.460 e. The molecule has 1 aliphatic heterocycles. The Kier molecular flexibility index (Phi) is 5.77. The molecule has 1 fully saturated rings. The summed E-state index contributed by atoms with van der Waals surface area (Å²) in [7, 11) is -4.01. The number of carbonyl (C=O) groups excluding carboxylic acids is 1. The molecule has 0 saturated carbocycles. The second kappa shape index (κ2) is 8.39. The third-order valence-electron chi connectivity index (χ3n) is 5.83. The van der Waals surface area contributed by atoms with Crippen molar-refractivity contribution in [3.8, 4) is 6.07 Å². The maximum absolute atomic E-state index is 13.2. The van der Waals surface area contributed by atoms with Gasteiger partial charge in [0, 0.05) is 30.9 Å². The smallest absolute Gasteiger partial charge is 0.324 e. The lowest BCUT2D eigenvalue weighted by molar-refractivity contribution is -0.148. The molecule has 1 aliphatic rings. The lowest BCUT2D eigenvalue weighted by Gasteiger charge is -2.22. The minimum absolute atomic E-state index is 0.0498. The van der Waals surface area contributed by atoms with E-state index in [9.17, 15) is 23.6 Å². The van der Waals surface area contributed by atoms with Crippen LogP contribution in [0.15, 0.2) is 53.7 Å². The molecule has 1 N–H and O–H groups in total. The molecular formula is C23H23N3O5S. The number of β-amino-alcohol motifs (C(OH)–C–C–N with tert-alkyl or cyclic N) is 1. The van der Waals surface area contributed by atoms with Crippen molar-refractivity contribution in [2.75, 3.05) is 6.54 Å². The van der Waals surface area contributed by atoms with Gasteiger partial charge in [-0.2, -0.15) is 9.57 Å². The van der Waals surface area contributed by atoms with E-state index in [1.54, 1.807) is 41.1 Å². The lowest BCUT2D eigenvalue weighted by atomic mass is 10.1. The standard InChI is InChI=1S/C23H23N3O5S/c1-15-6-7-19(9-16(15)2)32(29,30)26-13-18(27)10-22(26)23(28)31-14-17-12-25-8-4-3-5-21(25)20(17)11-24/h3-9,12,18,22,27H,10,13-14H2,1-2H3/t18-,22-/m0/s1. The van der Waals surface area contributed by atoms with Crippen molar-refractivity contribution in [3.05, 3.63) is 71.0 Å². The highest BCUT2D eigenvalue weighted by atomic mass is 32.2. The van der Waals surface area contributed by atoms with Crippen molar-refractivity contribution >= 4 is 21.5 Å². The molecule has 0 spiro atoms. The Hall–Kier alpha value is -3.19. The Bertz CT molecular complexity index is 1340. The van der Waals surface area contributed by atoms with E-state index in [2.05, 4.69) is 6.07 Å². The number of pyridine rings is 1. The molecule has 3 heterocycles. The Balaban J connectivity index is 1.56. The summed E-state index contributed by atoms with van der Waals surface area (Å²) in [6.07, 6.45) is 2.47. The number of esters is 1. The number of hydrogen-bond acceptors (Lipinski definition) is 6. The third-order valence-corrected chi connectivity index (χ3v) is 7.71. The summed E-state index contributed by atoms with van der Waals surface area (Å²) in [4.78, 5) is 12.9. The minimum Gasteiger partial charge on any atom is -0.460 e. The van der Waals surface area contributed by atoms with Gasteiger partial charge in [-0.3, -0.25) is 4.79 Å². The quantitative estimate of drug-likeness (QED) is 0.593. The number of aryl methyl sites for hydroxylation is 2. The van der Waals surface area contributed by atoms with Crippen LogP contribution in [0.1, 0.15) is 28.7 Å². The number of ether oxygens (including phenoxy) is 1. The second-order valence-corrected chi connectivity index (χ2v) is 9.86. The van der Waals surface area contributed by atoms with Crippen molar-refractivity contribution in [2.24, 2.45) is 0 Å². The summed E-state index contributed by atoms with van der Waals surface area (Å²) in [5.74, 6) is -0.756. The maximum atomic E-state index is 13.2. The first-order chi connectivity index (χ1) is 15.2. The Morgan fingerprint density at radius 3 is 2.75 bits per heavy atom. The number of fused-ring (bicyclic) bond motifs is 1. The highest BCUT2D eigenvalue weighted by Crippen LogP contribution is 2.29. The van der Waals surface area contributed by atoms with Gasteiger partial charge in [0.1, 0.15) is 18.7 Å². The van der Waals surface area contributed by atoms with Gasteiger partial charge < -0.3 is 14.2 Å². The first kappa shape index (κ1) is 22.0. The number of benzene rings is 1. The Morgan fingerprint density at radius 1 is 1.25 bits per heavy atom. The van der Waals surface area contributed by atoms with Crippen LogP contribution in [0, 0.1) is 25.2 Å².